The van der Waals surface area contributed by atoms with Crippen molar-refractivity contribution in [3.8, 4) is 0 Å². The maximum absolute atomic E-state index is 12.2. The molecule has 1 fully saturated rings. The average molecular weight is 385 g/mol. The van der Waals surface area contributed by atoms with Gasteiger partial charge in [-0.05, 0) is 12.5 Å². The van der Waals surface area contributed by atoms with Gasteiger partial charge in [-0.3, -0.25) is 18.9 Å². The van der Waals surface area contributed by atoms with E-state index < -0.39 is 46.3 Å². The maximum Gasteiger partial charge on any atom is 0.362 e. The van der Waals surface area contributed by atoms with Crippen LogP contribution in [0.5, 0.6) is 0 Å². The van der Waals surface area contributed by atoms with Crippen molar-refractivity contribution in [1.82, 2.24) is 14.9 Å². The molecule has 0 radical (unpaired) electrons. The fourth-order valence-corrected chi connectivity index (χ4v) is 3.08. The summed E-state index contributed by atoms with van der Waals surface area (Å²) in [6, 6.07) is 7.91. The number of carbonyl (C=O) groups is 3. The van der Waals surface area contributed by atoms with Gasteiger partial charge in [-0.2, -0.15) is 8.42 Å². The molecule has 11 heteroatoms. The molecule has 0 saturated carbocycles. The lowest BCUT2D eigenvalue weighted by Gasteiger charge is -2.45. The number of amides is 3. The van der Waals surface area contributed by atoms with Crippen LogP contribution in [0.1, 0.15) is 12.5 Å². The summed E-state index contributed by atoms with van der Waals surface area (Å²) in [7, 11) is -3.61. The standard InChI is InChI=1S/C15H19N3O7S/c1-10(16-12(19)8-11-6-4-3-5-7-11)13(20)17-15(25-2)9-18(14(15)21)26(22,23)24/h3-7,10H,8-9H2,1-2H3,(H,16,19)(H,17,20)(H,22,23,24)/t10-,15?/m1/s1. The molecule has 3 amide bonds. The molecule has 10 nitrogen and oxygen atoms in total. The van der Waals surface area contributed by atoms with Crippen LogP contribution in [0.25, 0.3) is 0 Å². The molecule has 3 N–H and O–H groups in total. The third kappa shape index (κ3) is 4.18. The van der Waals surface area contributed by atoms with E-state index in [0.29, 0.717) is 0 Å². The highest BCUT2D eigenvalue weighted by Crippen LogP contribution is 2.26. The number of nitrogens with zero attached hydrogens (tertiary/aromatic N) is 1. The van der Waals surface area contributed by atoms with Crippen molar-refractivity contribution in [1.29, 1.82) is 0 Å². The summed E-state index contributed by atoms with van der Waals surface area (Å²) in [5.74, 6) is -2.26. The number of ether oxygens (including phenoxy) is 1. The molecule has 26 heavy (non-hydrogen) atoms. The summed E-state index contributed by atoms with van der Waals surface area (Å²) in [4.78, 5) is 36.1. The first-order chi connectivity index (χ1) is 12.1. The molecular formula is C15H19N3O7S. The first-order valence-electron chi connectivity index (χ1n) is 7.59. The molecule has 2 rings (SSSR count). The van der Waals surface area contributed by atoms with Crippen molar-refractivity contribution in [2.24, 2.45) is 0 Å². The number of nitrogens with one attached hydrogen (secondary N) is 2. The van der Waals surface area contributed by atoms with Crippen molar-refractivity contribution < 1.29 is 32.1 Å². The van der Waals surface area contributed by atoms with Crippen LogP contribution < -0.4 is 10.6 Å². The van der Waals surface area contributed by atoms with Crippen molar-refractivity contribution in [3.05, 3.63) is 35.9 Å². The Balaban J connectivity index is 1.94. The molecule has 142 valence electrons. The molecule has 0 aromatic heterocycles. The van der Waals surface area contributed by atoms with Gasteiger partial charge in [-0.1, -0.05) is 30.3 Å². The lowest BCUT2D eigenvalue weighted by Crippen LogP contribution is -2.76. The van der Waals surface area contributed by atoms with Gasteiger partial charge in [0, 0.05) is 7.11 Å². The first-order valence-corrected chi connectivity index (χ1v) is 8.99. The molecule has 0 bridgehead atoms. The van der Waals surface area contributed by atoms with Gasteiger partial charge >= 0.3 is 10.3 Å². The fraction of sp³-hybridized carbons (Fsp3) is 0.400. The molecule has 2 atom stereocenters. The number of methoxy groups -OCH3 is 1. The van der Waals surface area contributed by atoms with Gasteiger partial charge in [0.1, 0.15) is 6.04 Å². The summed E-state index contributed by atoms with van der Waals surface area (Å²) in [5.41, 5.74) is -1.13. The van der Waals surface area contributed by atoms with Gasteiger partial charge < -0.3 is 15.4 Å². The Hall–Kier alpha value is -2.50. The van der Waals surface area contributed by atoms with Gasteiger partial charge in [-0.15, -0.1) is 0 Å². The summed E-state index contributed by atoms with van der Waals surface area (Å²) in [6.45, 7) is 0.836. The summed E-state index contributed by atoms with van der Waals surface area (Å²) in [6.07, 6.45) is 0.0728. The van der Waals surface area contributed by atoms with Crippen LogP contribution >= 0.6 is 0 Å². The van der Waals surface area contributed by atoms with Crippen molar-refractivity contribution in [2.75, 3.05) is 13.7 Å². The zero-order chi connectivity index (χ0) is 19.5. The van der Waals surface area contributed by atoms with Crippen molar-refractivity contribution in [3.63, 3.8) is 0 Å². The predicted octanol–water partition coefficient (Wildman–Crippen LogP) is -1.16. The molecule has 1 aliphatic rings. The van der Waals surface area contributed by atoms with E-state index in [1.807, 2.05) is 6.07 Å². The van der Waals surface area contributed by atoms with Crippen LogP contribution in [0, 0.1) is 0 Å². The molecule has 1 unspecified atom stereocenters. The second-order valence-corrected chi connectivity index (χ2v) is 7.10. The minimum atomic E-state index is -4.72. The van der Waals surface area contributed by atoms with Gasteiger partial charge in [-0.25, -0.2) is 4.31 Å². The lowest BCUT2D eigenvalue weighted by atomic mass is 10.1. The monoisotopic (exact) mass is 385 g/mol. The van der Waals surface area contributed by atoms with E-state index in [1.165, 1.54) is 6.92 Å². The summed E-state index contributed by atoms with van der Waals surface area (Å²) >= 11 is 0. The number of carbonyl (C=O) groups excluding carboxylic acids is 3. The second kappa shape index (κ2) is 7.40. The smallest absolute Gasteiger partial charge is 0.349 e. The van der Waals surface area contributed by atoms with Crippen molar-refractivity contribution >= 4 is 28.0 Å². The molecule has 1 aliphatic heterocycles. The molecule has 1 aromatic rings. The molecular weight excluding hydrogens is 366 g/mol. The Morgan fingerprint density at radius 2 is 1.96 bits per heavy atom. The van der Waals surface area contributed by atoms with Crippen LogP contribution in [0.2, 0.25) is 0 Å². The van der Waals surface area contributed by atoms with E-state index in [1.54, 1.807) is 24.3 Å². The summed E-state index contributed by atoms with van der Waals surface area (Å²) < 4.78 is 36.0. The minimum absolute atomic E-state index is 0.0728. The number of rotatable bonds is 7. The predicted molar refractivity (Wildman–Crippen MR) is 88.9 cm³/mol. The Labute approximate surface area is 150 Å². The quantitative estimate of drug-likeness (QED) is 0.305. The van der Waals surface area contributed by atoms with Crippen LogP contribution in [-0.2, 0) is 35.8 Å². The highest BCUT2D eigenvalue weighted by atomic mass is 32.2. The molecule has 1 aromatic carbocycles. The van der Waals surface area contributed by atoms with E-state index in [9.17, 15) is 22.8 Å². The third-order valence-corrected chi connectivity index (χ3v) is 4.72. The Bertz CT molecular complexity index is 812. The van der Waals surface area contributed by atoms with Crippen LogP contribution in [-0.4, -0.2) is 60.4 Å². The molecule has 1 heterocycles. The van der Waals surface area contributed by atoms with Gasteiger partial charge in [0.15, 0.2) is 0 Å². The zero-order valence-corrected chi connectivity index (χ0v) is 14.9. The first kappa shape index (κ1) is 19.8. The highest BCUT2D eigenvalue weighted by Gasteiger charge is 2.58. The average Bonchev–Trinajstić information content (AvgIpc) is 2.57. The second-order valence-electron chi connectivity index (χ2n) is 5.76. The third-order valence-electron chi connectivity index (χ3n) is 3.87. The topological polar surface area (TPSA) is 142 Å². The fourth-order valence-electron chi connectivity index (χ4n) is 2.38. The number of hydrogen-bond donors (Lipinski definition) is 3. The SMILES string of the molecule is COC1(NC(=O)[C@@H](C)NC(=O)Cc2ccccc2)CN(S(=O)(=O)O)C1=O. The van der Waals surface area contributed by atoms with Crippen molar-refractivity contribution in [2.45, 2.75) is 25.1 Å². The zero-order valence-electron chi connectivity index (χ0n) is 14.1. The minimum Gasteiger partial charge on any atom is -0.349 e. The summed E-state index contributed by atoms with van der Waals surface area (Å²) in [5, 5.41) is 4.74. The van der Waals surface area contributed by atoms with E-state index in [-0.39, 0.29) is 10.7 Å². The highest BCUT2D eigenvalue weighted by molar-refractivity contribution is 7.84. The van der Waals surface area contributed by atoms with Crippen LogP contribution in [0.4, 0.5) is 0 Å². The van der Waals surface area contributed by atoms with Gasteiger partial charge in [0.25, 0.3) is 5.91 Å². The normalized spacial score (nSPS) is 20.9. The number of benzene rings is 1. The van der Waals surface area contributed by atoms with Crippen LogP contribution in [0.3, 0.4) is 0 Å². The van der Waals surface area contributed by atoms with E-state index in [2.05, 4.69) is 10.6 Å². The van der Waals surface area contributed by atoms with Gasteiger partial charge in [0.2, 0.25) is 17.5 Å². The number of β-lactam (4-membered cyclic amide) rings is 1. The largest absolute Gasteiger partial charge is 0.362 e. The van der Waals surface area contributed by atoms with E-state index in [4.69, 9.17) is 9.29 Å². The molecule has 1 saturated heterocycles. The molecule has 0 spiro atoms. The Morgan fingerprint density at radius 3 is 2.46 bits per heavy atom. The Morgan fingerprint density at radius 1 is 1.35 bits per heavy atom. The van der Waals surface area contributed by atoms with E-state index >= 15 is 0 Å². The van der Waals surface area contributed by atoms with Crippen LogP contribution in [0.15, 0.2) is 30.3 Å². The number of hydrogen-bond acceptors (Lipinski definition) is 6. The maximum atomic E-state index is 12.2. The van der Waals surface area contributed by atoms with Gasteiger partial charge in [0.05, 0.1) is 13.0 Å². The molecule has 0 aliphatic carbocycles. The lowest BCUT2D eigenvalue weighted by molar-refractivity contribution is -0.180. The Kier molecular flexibility index (Phi) is 5.64. The van der Waals surface area contributed by atoms with E-state index in [0.717, 1.165) is 12.7 Å².